The molecule has 0 heterocycles. The van der Waals surface area contributed by atoms with Gasteiger partial charge in [0, 0.05) is 30.9 Å². The molecule has 3 heteroatoms. The molecule has 2 nitrogen and oxygen atoms in total. The minimum absolute atomic E-state index is 0.418. The van der Waals surface area contributed by atoms with Gasteiger partial charge in [0.1, 0.15) is 0 Å². The summed E-state index contributed by atoms with van der Waals surface area (Å²) in [6, 6.07) is 3.06. The maximum atomic E-state index is 8.79. The lowest BCUT2D eigenvalue weighted by Gasteiger charge is -2.37. The van der Waals surface area contributed by atoms with E-state index in [1.165, 1.54) is 45.1 Å². The van der Waals surface area contributed by atoms with Crippen LogP contribution >= 0.6 is 15.9 Å². The molecule has 0 spiro atoms. The average molecular weight is 315 g/mol. The van der Waals surface area contributed by atoms with Gasteiger partial charge in [0.15, 0.2) is 0 Å². The van der Waals surface area contributed by atoms with E-state index in [0.29, 0.717) is 11.8 Å². The number of rotatable bonds is 10. The van der Waals surface area contributed by atoms with E-state index in [4.69, 9.17) is 5.26 Å². The first-order valence-corrected chi connectivity index (χ1v) is 8.50. The summed E-state index contributed by atoms with van der Waals surface area (Å²) in [6.07, 6.45) is 8.44. The lowest BCUT2D eigenvalue weighted by molar-refractivity contribution is 0.142. The zero-order valence-electron chi connectivity index (χ0n) is 11.9. The number of nitriles is 1. The van der Waals surface area contributed by atoms with Crippen LogP contribution < -0.4 is 0 Å². The van der Waals surface area contributed by atoms with Crippen LogP contribution in [0.1, 0.15) is 58.8 Å². The summed E-state index contributed by atoms with van der Waals surface area (Å²) in [5.41, 5.74) is 0.418. The van der Waals surface area contributed by atoms with Gasteiger partial charge in [-0.05, 0) is 31.1 Å². The topological polar surface area (TPSA) is 27.0 Å². The van der Waals surface area contributed by atoms with Gasteiger partial charge in [0.2, 0.25) is 0 Å². The third-order valence-electron chi connectivity index (χ3n) is 3.96. The third-order valence-corrected chi connectivity index (χ3v) is 5.15. The van der Waals surface area contributed by atoms with E-state index in [1.54, 1.807) is 0 Å². The molecule has 0 aliphatic heterocycles. The van der Waals surface area contributed by atoms with E-state index in [2.05, 4.69) is 40.7 Å². The summed E-state index contributed by atoms with van der Waals surface area (Å²) in [6.45, 7) is 6.70. The molecule has 0 N–H and O–H groups in total. The fourth-order valence-corrected chi connectivity index (χ4v) is 3.71. The van der Waals surface area contributed by atoms with Crippen LogP contribution in [0.4, 0.5) is 0 Å². The molecule has 1 fully saturated rings. The highest BCUT2D eigenvalue weighted by atomic mass is 79.9. The lowest BCUT2D eigenvalue weighted by Crippen LogP contribution is -2.40. The highest BCUT2D eigenvalue weighted by Gasteiger charge is 2.35. The van der Waals surface area contributed by atoms with Crippen molar-refractivity contribution in [3.8, 4) is 6.07 Å². The molecule has 0 aromatic carbocycles. The van der Waals surface area contributed by atoms with Gasteiger partial charge in [-0.3, -0.25) is 4.90 Å². The Hall–Kier alpha value is -0.0700. The third kappa shape index (κ3) is 4.90. The summed E-state index contributed by atoms with van der Waals surface area (Å²) in [4.78, 5) is 2.58. The number of alkyl halides is 1. The minimum Gasteiger partial charge on any atom is -0.299 e. The quantitative estimate of drug-likeness (QED) is 0.561. The van der Waals surface area contributed by atoms with Crippen LogP contribution in [-0.2, 0) is 0 Å². The van der Waals surface area contributed by atoms with Crippen molar-refractivity contribution in [3.05, 3.63) is 0 Å². The molecular formula is C15H27BrN2. The number of nitrogens with zero attached hydrogens (tertiary/aromatic N) is 2. The molecule has 1 rings (SSSR count). The molecule has 1 aliphatic carbocycles. The van der Waals surface area contributed by atoms with Gasteiger partial charge in [-0.25, -0.2) is 0 Å². The van der Waals surface area contributed by atoms with Gasteiger partial charge >= 0.3 is 0 Å². The van der Waals surface area contributed by atoms with Gasteiger partial charge in [-0.15, -0.1) is 0 Å². The molecule has 1 saturated carbocycles. The van der Waals surface area contributed by atoms with Crippen LogP contribution in [0.15, 0.2) is 0 Å². The Morgan fingerprint density at radius 3 is 2.28 bits per heavy atom. The molecule has 104 valence electrons. The van der Waals surface area contributed by atoms with Crippen LogP contribution in [0.5, 0.6) is 0 Å². The largest absolute Gasteiger partial charge is 0.299 e. The zero-order chi connectivity index (χ0) is 13.4. The highest BCUT2D eigenvalue weighted by molar-refractivity contribution is 9.09. The van der Waals surface area contributed by atoms with Crippen molar-refractivity contribution < 1.29 is 0 Å². The number of hydrogen-bond donors (Lipinski definition) is 0. The predicted octanol–water partition coefficient (Wildman–Crippen LogP) is 4.35. The summed E-state index contributed by atoms with van der Waals surface area (Å²) >= 11 is 3.75. The molecule has 1 aliphatic rings. The Bertz CT molecular complexity index is 262. The van der Waals surface area contributed by atoms with Crippen molar-refractivity contribution in [2.24, 2.45) is 5.41 Å². The average Bonchev–Trinajstić information content (AvgIpc) is 3.19. The first kappa shape index (κ1) is 16.0. The maximum absolute atomic E-state index is 8.79. The van der Waals surface area contributed by atoms with E-state index in [0.717, 1.165) is 17.9 Å². The summed E-state index contributed by atoms with van der Waals surface area (Å²) < 4.78 is 0. The number of hydrogen-bond acceptors (Lipinski definition) is 2. The van der Waals surface area contributed by atoms with Crippen molar-refractivity contribution in [3.63, 3.8) is 0 Å². The molecule has 0 aromatic heterocycles. The standard InChI is InChI=1S/C15H27BrN2/c1-3-8-15(12-16,9-4-2)13-18(11-5-10-17)14-6-7-14/h14H,3-9,11-13H2,1-2H3. The molecule has 0 bridgehead atoms. The Morgan fingerprint density at radius 1 is 1.28 bits per heavy atom. The Morgan fingerprint density at radius 2 is 1.89 bits per heavy atom. The first-order valence-electron chi connectivity index (χ1n) is 7.38. The number of halogens is 1. The minimum atomic E-state index is 0.418. The predicted molar refractivity (Wildman–Crippen MR) is 80.9 cm³/mol. The van der Waals surface area contributed by atoms with Gasteiger partial charge in [-0.2, -0.15) is 5.26 Å². The molecule has 0 unspecified atom stereocenters. The van der Waals surface area contributed by atoms with Crippen molar-refractivity contribution in [1.29, 1.82) is 5.26 Å². The van der Waals surface area contributed by atoms with Crippen molar-refractivity contribution in [2.45, 2.75) is 64.8 Å². The van der Waals surface area contributed by atoms with Gasteiger partial charge in [0.05, 0.1) is 6.07 Å². The van der Waals surface area contributed by atoms with E-state index in [9.17, 15) is 0 Å². The maximum Gasteiger partial charge on any atom is 0.0635 e. The van der Waals surface area contributed by atoms with Gasteiger partial charge in [-0.1, -0.05) is 42.6 Å². The Balaban J connectivity index is 2.62. The molecule has 18 heavy (non-hydrogen) atoms. The van der Waals surface area contributed by atoms with Crippen LogP contribution in [0.25, 0.3) is 0 Å². The second-order valence-electron chi connectivity index (χ2n) is 5.74. The smallest absolute Gasteiger partial charge is 0.0635 e. The zero-order valence-corrected chi connectivity index (χ0v) is 13.5. The van der Waals surface area contributed by atoms with Crippen LogP contribution in [0.3, 0.4) is 0 Å². The molecule has 0 saturated heterocycles. The van der Waals surface area contributed by atoms with Crippen LogP contribution in [0, 0.1) is 16.7 Å². The summed E-state index contributed by atoms with van der Waals surface area (Å²) in [5, 5.41) is 9.89. The van der Waals surface area contributed by atoms with Crippen molar-refractivity contribution >= 4 is 15.9 Å². The van der Waals surface area contributed by atoms with Gasteiger partial charge < -0.3 is 0 Å². The first-order chi connectivity index (χ1) is 8.71. The van der Waals surface area contributed by atoms with E-state index >= 15 is 0 Å². The summed E-state index contributed by atoms with van der Waals surface area (Å²) in [7, 11) is 0. The van der Waals surface area contributed by atoms with Gasteiger partial charge in [0.25, 0.3) is 0 Å². The SMILES string of the molecule is CCCC(CBr)(CCC)CN(CCC#N)C1CC1. The second-order valence-corrected chi connectivity index (χ2v) is 6.30. The fourth-order valence-electron chi connectivity index (χ4n) is 2.97. The normalized spacial score (nSPS) is 15.9. The fraction of sp³-hybridized carbons (Fsp3) is 0.933. The molecular weight excluding hydrogens is 288 g/mol. The molecule has 0 aromatic rings. The molecule has 0 amide bonds. The van der Waals surface area contributed by atoms with Crippen molar-refractivity contribution in [2.75, 3.05) is 18.4 Å². The second kappa shape index (κ2) is 8.17. The van der Waals surface area contributed by atoms with Crippen LogP contribution in [-0.4, -0.2) is 29.4 Å². The van der Waals surface area contributed by atoms with E-state index < -0.39 is 0 Å². The lowest BCUT2D eigenvalue weighted by atomic mass is 9.80. The van der Waals surface area contributed by atoms with E-state index in [1.807, 2.05) is 0 Å². The van der Waals surface area contributed by atoms with E-state index in [-0.39, 0.29) is 0 Å². The monoisotopic (exact) mass is 314 g/mol. The molecule has 0 radical (unpaired) electrons. The summed E-state index contributed by atoms with van der Waals surface area (Å²) in [5.74, 6) is 0. The highest BCUT2D eigenvalue weighted by Crippen LogP contribution is 2.37. The Labute approximate surface area is 121 Å². The van der Waals surface area contributed by atoms with Crippen molar-refractivity contribution in [1.82, 2.24) is 4.90 Å². The Kier molecular flexibility index (Phi) is 7.26. The van der Waals surface area contributed by atoms with Crippen LogP contribution in [0.2, 0.25) is 0 Å². The molecule has 0 atom stereocenters.